The summed E-state index contributed by atoms with van der Waals surface area (Å²) >= 11 is 3.33. The standard InChI is InChI=1S/C18H15BrFN3O3S/c1-11-17(12-6-8-13(20)9-7-12)27(25,26)23-18(11)21-10-16(24)22-15-5-3-2-4-14(15)19/h2-9H,10H2,1H3,(H,21,23)(H,22,24). The minimum Gasteiger partial charge on any atom is -0.323 e. The van der Waals surface area contributed by atoms with E-state index >= 15 is 0 Å². The largest absolute Gasteiger partial charge is 0.323 e. The molecule has 27 heavy (non-hydrogen) atoms. The average molecular weight is 452 g/mol. The van der Waals surface area contributed by atoms with Crippen LogP contribution in [0.2, 0.25) is 0 Å². The third-order valence-electron chi connectivity index (χ3n) is 3.83. The Bertz CT molecular complexity index is 1060. The Morgan fingerprint density at radius 3 is 2.52 bits per heavy atom. The van der Waals surface area contributed by atoms with Crippen molar-refractivity contribution < 1.29 is 17.6 Å². The highest BCUT2D eigenvalue weighted by Gasteiger charge is 2.32. The van der Waals surface area contributed by atoms with Crippen molar-refractivity contribution >= 4 is 48.3 Å². The zero-order chi connectivity index (χ0) is 19.6. The second-order valence-electron chi connectivity index (χ2n) is 5.76. The van der Waals surface area contributed by atoms with Gasteiger partial charge in [0.1, 0.15) is 23.1 Å². The van der Waals surface area contributed by atoms with E-state index in [1.165, 1.54) is 24.3 Å². The molecule has 2 aromatic carbocycles. The number of para-hydroxylation sites is 1. The third-order valence-corrected chi connectivity index (χ3v) is 6.06. The first kappa shape index (κ1) is 19.2. The molecular weight excluding hydrogens is 437 g/mol. The molecule has 1 amide bonds. The number of amides is 1. The van der Waals surface area contributed by atoms with E-state index < -0.39 is 21.7 Å². The van der Waals surface area contributed by atoms with Crippen molar-refractivity contribution in [3.05, 3.63) is 70.0 Å². The summed E-state index contributed by atoms with van der Waals surface area (Å²) in [5, 5.41) is 2.69. The van der Waals surface area contributed by atoms with Gasteiger partial charge in [0.25, 0.3) is 10.0 Å². The number of carbonyl (C=O) groups excluding carboxylic acids is 1. The van der Waals surface area contributed by atoms with Gasteiger partial charge in [-0.05, 0) is 52.7 Å². The molecule has 3 rings (SSSR count). The van der Waals surface area contributed by atoms with Crippen LogP contribution in [0.15, 0.2) is 63.6 Å². The fraction of sp³-hybridized carbons (Fsp3) is 0.111. The molecule has 6 nitrogen and oxygen atoms in total. The molecule has 2 aromatic rings. The van der Waals surface area contributed by atoms with E-state index in [9.17, 15) is 17.6 Å². The minimum absolute atomic E-state index is 0.0208. The number of aliphatic imine (C=N–C) groups is 1. The lowest BCUT2D eigenvalue weighted by Crippen LogP contribution is -2.25. The van der Waals surface area contributed by atoms with Gasteiger partial charge in [-0.3, -0.25) is 14.5 Å². The number of nitrogens with one attached hydrogen (secondary N) is 2. The summed E-state index contributed by atoms with van der Waals surface area (Å²) < 4.78 is 41.0. The number of carbonyl (C=O) groups is 1. The van der Waals surface area contributed by atoms with Gasteiger partial charge in [0, 0.05) is 10.0 Å². The molecule has 0 bridgehead atoms. The zero-order valence-corrected chi connectivity index (χ0v) is 16.6. The predicted octanol–water partition coefficient (Wildman–Crippen LogP) is 3.29. The van der Waals surface area contributed by atoms with Crippen LogP contribution in [0.1, 0.15) is 12.5 Å². The Morgan fingerprint density at radius 2 is 1.85 bits per heavy atom. The highest BCUT2D eigenvalue weighted by atomic mass is 79.9. The van der Waals surface area contributed by atoms with Gasteiger partial charge >= 0.3 is 0 Å². The second kappa shape index (κ2) is 7.61. The number of rotatable bonds is 4. The molecule has 0 fully saturated rings. The molecule has 1 aliphatic heterocycles. The van der Waals surface area contributed by atoms with E-state index in [1.54, 1.807) is 25.1 Å². The predicted molar refractivity (Wildman–Crippen MR) is 106 cm³/mol. The average Bonchev–Trinajstić information content (AvgIpc) is 2.85. The van der Waals surface area contributed by atoms with Crippen molar-refractivity contribution in [2.45, 2.75) is 6.92 Å². The number of halogens is 2. The van der Waals surface area contributed by atoms with Crippen molar-refractivity contribution in [1.29, 1.82) is 0 Å². The molecule has 0 saturated carbocycles. The SMILES string of the molecule is CC1=C(c2ccc(F)cc2)S(=O)(=O)NC1=NCC(=O)Nc1ccccc1Br. The molecule has 140 valence electrons. The van der Waals surface area contributed by atoms with Crippen molar-refractivity contribution in [2.24, 2.45) is 4.99 Å². The van der Waals surface area contributed by atoms with Crippen molar-refractivity contribution in [3.63, 3.8) is 0 Å². The highest BCUT2D eigenvalue weighted by molar-refractivity contribution is 9.10. The lowest BCUT2D eigenvalue weighted by Gasteiger charge is -2.06. The van der Waals surface area contributed by atoms with Crippen LogP contribution in [0.4, 0.5) is 10.1 Å². The number of anilines is 1. The van der Waals surface area contributed by atoms with Gasteiger partial charge in [0.15, 0.2) is 0 Å². The van der Waals surface area contributed by atoms with E-state index in [4.69, 9.17) is 0 Å². The summed E-state index contributed by atoms with van der Waals surface area (Å²) in [5.41, 5.74) is 1.31. The summed E-state index contributed by atoms with van der Waals surface area (Å²) in [6.45, 7) is 1.33. The molecule has 1 aliphatic rings. The topological polar surface area (TPSA) is 87.6 Å². The van der Waals surface area contributed by atoms with E-state index in [0.717, 1.165) is 4.47 Å². The molecule has 0 atom stereocenters. The molecule has 0 unspecified atom stereocenters. The molecule has 0 spiro atoms. The molecule has 9 heteroatoms. The van der Waals surface area contributed by atoms with Crippen LogP contribution in [0.25, 0.3) is 4.91 Å². The van der Waals surface area contributed by atoms with Crippen LogP contribution >= 0.6 is 15.9 Å². The number of sulfonamides is 1. The molecule has 0 aromatic heterocycles. The van der Waals surface area contributed by atoms with Crippen LogP contribution in [0.3, 0.4) is 0 Å². The van der Waals surface area contributed by atoms with Crippen molar-refractivity contribution in [3.8, 4) is 0 Å². The maximum Gasteiger partial charge on any atom is 0.264 e. The van der Waals surface area contributed by atoms with Gasteiger partial charge in [-0.1, -0.05) is 24.3 Å². The summed E-state index contributed by atoms with van der Waals surface area (Å²) in [5.74, 6) is -0.758. The summed E-state index contributed by atoms with van der Waals surface area (Å²) in [4.78, 5) is 16.2. The summed E-state index contributed by atoms with van der Waals surface area (Å²) in [6.07, 6.45) is 0. The normalized spacial score (nSPS) is 17.1. The first-order valence-corrected chi connectivity index (χ1v) is 10.1. The molecule has 1 heterocycles. The zero-order valence-electron chi connectivity index (χ0n) is 14.2. The quantitative estimate of drug-likeness (QED) is 0.747. The first-order valence-electron chi connectivity index (χ1n) is 7.87. The Balaban J connectivity index is 1.81. The molecule has 2 N–H and O–H groups in total. The van der Waals surface area contributed by atoms with Crippen LogP contribution < -0.4 is 10.0 Å². The first-order chi connectivity index (χ1) is 12.8. The molecule has 0 aliphatic carbocycles. The fourth-order valence-electron chi connectivity index (χ4n) is 2.59. The molecule has 0 saturated heterocycles. The number of hydrogen-bond donors (Lipinski definition) is 2. The van der Waals surface area contributed by atoms with Crippen LogP contribution in [0, 0.1) is 5.82 Å². The summed E-state index contributed by atoms with van der Waals surface area (Å²) in [7, 11) is -3.83. The van der Waals surface area contributed by atoms with E-state index in [-0.39, 0.29) is 17.3 Å². The Morgan fingerprint density at radius 1 is 1.19 bits per heavy atom. The lowest BCUT2D eigenvalue weighted by molar-refractivity contribution is -0.114. The van der Waals surface area contributed by atoms with Gasteiger partial charge < -0.3 is 5.32 Å². The number of nitrogens with zero attached hydrogens (tertiary/aromatic N) is 1. The van der Waals surface area contributed by atoms with Gasteiger partial charge in [0.2, 0.25) is 5.91 Å². The Hall–Kier alpha value is -2.52. The maximum atomic E-state index is 13.1. The van der Waals surface area contributed by atoms with Gasteiger partial charge in [-0.15, -0.1) is 0 Å². The second-order valence-corrected chi connectivity index (χ2v) is 8.23. The van der Waals surface area contributed by atoms with Crippen LogP contribution in [-0.2, 0) is 14.8 Å². The molecular formula is C18H15BrFN3O3S. The monoisotopic (exact) mass is 451 g/mol. The number of hydrogen-bond acceptors (Lipinski definition) is 4. The Kier molecular flexibility index (Phi) is 5.43. The van der Waals surface area contributed by atoms with Crippen LogP contribution in [0.5, 0.6) is 0 Å². The van der Waals surface area contributed by atoms with Gasteiger partial charge in [-0.2, -0.15) is 0 Å². The number of amidine groups is 1. The maximum absolute atomic E-state index is 13.1. The highest BCUT2D eigenvalue weighted by Crippen LogP contribution is 2.29. The van der Waals surface area contributed by atoms with Crippen molar-refractivity contribution in [2.75, 3.05) is 11.9 Å². The van der Waals surface area contributed by atoms with E-state index in [2.05, 4.69) is 31.0 Å². The smallest absolute Gasteiger partial charge is 0.264 e. The van der Waals surface area contributed by atoms with Gasteiger partial charge in [0.05, 0.1) is 5.69 Å². The van der Waals surface area contributed by atoms with Gasteiger partial charge in [-0.25, -0.2) is 12.8 Å². The lowest BCUT2D eigenvalue weighted by atomic mass is 10.1. The van der Waals surface area contributed by atoms with Crippen molar-refractivity contribution in [1.82, 2.24) is 4.72 Å². The molecule has 0 radical (unpaired) electrons. The summed E-state index contributed by atoms with van der Waals surface area (Å²) in [6, 6.07) is 12.3. The van der Waals surface area contributed by atoms with E-state index in [1.807, 2.05) is 6.07 Å². The third kappa shape index (κ3) is 4.25. The van der Waals surface area contributed by atoms with E-state index in [0.29, 0.717) is 16.8 Å². The number of benzene rings is 2. The van der Waals surface area contributed by atoms with Crippen LogP contribution in [-0.4, -0.2) is 26.7 Å². The fourth-order valence-corrected chi connectivity index (χ4v) is 4.50. The minimum atomic E-state index is -3.83. The Labute approximate surface area is 164 Å².